The summed E-state index contributed by atoms with van der Waals surface area (Å²) >= 11 is 0. The van der Waals surface area contributed by atoms with Gasteiger partial charge in [0.25, 0.3) is 10.1 Å². The molecular weight excluding hydrogens is 238 g/mol. The van der Waals surface area contributed by atoms with Gasteiger partial charge in [-0.3, -0.25) is 14.1 Å². The zero-order chi connectivity index (χ0) is 12.6. The van der Waals surface area contributed by atoms with Crippen molar-refractivity contribution in [2.45, 2.75) is 6.42 Å². The Balaban J connectivity index is 3.57. The molecule has 8 nitrogen and oxygen atoms in total. The molecule has 0 unspecified atom stereocenters. The van der Waals surface area contributed by atoms with Crippen LogP contribution >= 0.6 is 0 Å². The molecular formula is C7H15N3O5S. The van der Waals surface area contributed by atoms with Gasteiger partial charge in [0.05, 0.1) is 12.3 Å². The predicted octanol–water partition coefficient (Wildman–Crippen LogP) is -2.54. The highest BCUT2D eigenvalue weighted by Crippen LogP contribution is 1.81. The zero-order valence-electron chi connectivity index (χ0n) is 8.60. The lowest BCUT2D eigenvalue weighted by Crippen LogP contribution is -2.35. The van der Waals surface area contributed by atoms with Crippen molar-refractivity contribution in [1.82, 2.24) is 10.6 Å². The first-order valence-corrected chi connectivity index (χ1v) is 6.14. The van der Waals surface area contributed by atoms with Gasteiger partial charge in [0.2, 0.25) is 11.8 Å². The van der Waals surface area contributed by atoms with E-state index in [1.54, 1.807) is 0 Å². The molecule has 0 bridgehead atoms. The number of carbonyl (C=O) groups excluding carboxylic acids is 2. The Labute approximate surface area is 93.3 Å². The minimum absolute atomic E-state index is 0.0250. The molecule has 0 aliphatic carbocycles. The molecule has 0 fully saturated rings. The van der Waals surface area contributed by atoms with Gasteiger partial charge in [0.1, 0.15) is 0 Å². The van der Waals surface area contributed by atoms with Gasteiger partial charge in [0.15, 0.2) is 0 Å². The van der Waals surface area contributed by atoms with E-state index in [2.05, 4.69) is 10.6 Å². The molecule has 0 aromatic heterocycles. The average molecular weight is 253 g/mol. The lowest BCUT2D eigenvalue weighted by atomic mass is 10.4. The fourth-order valence-electron chi connectivity index (χ4n) is 0.795. The van der Waals surface area contributed by atoms with Crippen LogP contribution in [0.25, 0.3) is 0 Å². The van der Waals surface area contributed by atoms with Crippen molar-refractivity contribution < 1.29 is 22.6 Å². The van der Waals surface area contributed by atoms with Crippen LogP contribution in [0.5, 0.6) is 0 Å². The van der Waals surface area contributed by atoms with Crippen LogP contribution in [-0.2, 0) is 19.7 Å². The van der Waals surface area contributed by atoms with Crippen molar-refractivity contribution in [2.24, 2.45) is 5.73 Å². The molecule has 0 saturated carbocycles. The number of carbonyl (C=O) groups is 2. The quantitative estimate of drug-likeness (QED) is 0.368. The lowest BCUT2D eigenvalue weighted by molar-refractivity contribution is -0.121. The van der Waals surface area contributed by atoms with Gasteiger partial charge >= 0.3 is 0 Å². The first-order valence-electron chi connectivity index (χ1n) is 4.54. The molecule has 9 heteroatoms. The highest BCUT2D eigenvalue weighted by molar-refractivity contribution is 7.85. The summed E-state index contributed by atoms with van der Waals surface area (Å²) in [7, 11) is -4.06. The van der Waals surface area contributed by atoms with Gasteiger partial charge in [-0.2, -0.15) is 8.42 Å². The van der Waals surface area contributed by atoms with Crippen molar-refractivity contribution in [2.75, 3.05) is 25.4 Å². The number of nitrogens with one attached hydrogen (secondary N) is 2. The summed E-state index contributed by atoms with van der Waals surface area (Å²) in [4.78, 5) is 21.7. The van der Waals surface area contributed by atoms with Crippen molar-refractivity contribution in [1.29, 1.82) is 0 Å². The van der Waals surface area contributed by atoms with Gasteiger partial charge in [-0.15, -0.1) is 0 Å². The second-order valence-electron chi connectivity index (χ2n) is 2.94. The molecule has 0 spiro atoms. The second kappa shape index (κ2) is 7.14. The van der Waals surface area contributed by atoms with E-state index < -0.39 is 21.8 Å². The van der Waals surface area contributed by atoms with Gasteiger partial charge < -0.3 is 16.4 Å². The Morgan fingerprint density at radius 3 is 2.19 bits per heavy atom. The largest absolute Gasteiger partial charge is 0.355 e. The smallest absolute Gasteiger partial charge is 0.266 e. The summed E-state index contributed by atoms with van der Waals surface area (Å²) in [6, 6.07) is 0. The minimum Gasteiger partial charge on any atom is -0.355 e. The monoisotopic (exact) mass is 253 g/mol. The maximum absolute atomic E-state index is 11.0. The third-order valence-corrected chi connectivity index (χ3v) is 2.26. The number of hydrogen-bond donors (Lipinski definition) is 4. The molecule has 0 rings (SSSR count). The molecule has 0 aromatic carbocycles. The number of amides is 2. The fraction of sp³-hybridized carbons (Fsp3) is 0.714. The molecule has 5 N–H and O–H groups in total. The van der Waals surface area contributed by atoms with Gasteiger partial charge in [-0.25, -0.2) is 0 Å². The lowest BCUT2D eigenvalue weighted by Gasteiger charge is -2.04. The summed E-state index contributed by atoms with van der Waals surface area (Å²) in [6.45, 7) is -0.180. The highest BCUT2D eigenvalue weighted by atomic mass is 32.2. The molecule has 0 atom stereocenters. The molecule has 0 heterocycles. The normalized spacial score (nSPS) is 10.9. The van der Waals surface area contributed by atoms with E-state index in [4.69, 9.17) is 10.3 Å². The van der Waals surface area contributed by atoms with Crippen LogP contribution in [0.2, 0.25) is 0 Å². The third-order valence-electron chi connectivity index (χ3n) is 1.54. The van der Waals surface area contributed by atoms with Crippen LogP contribution < -0.4 is 16.4 Å². The molecule has 16 heavy (non-hydrogen) atoms. The second-order valence-corrected chi connectivity index (χ2v) is 4.51. The van der Waals surface area contributed by atoms with Crippen LogP contribution in [-0.4, -0.2) is 50.2 Å². The predicted molar refractivity (Wildman–Crippen MR) is 56.1 cm³/mol. The zero-order valence-corrected chi connectivity index (χ0v) is 9.42. The topological polar surface area (TPSA) is 139 Å². The summed E-state index contributed by atoms with van der Waals surface area (Å²) in [6.07, 6.45) is 0.0250. The Morgan fingerprint density at radius 1 is 1.12 bits per heavy atom. The number of hydrogen-bond acceptors (Lipinski definition) is 5. The van der Waals surface area contributed by atoms with Crippen LogP contribution in [0.4, 0.5) is 0 Å². The van der Waals surface area contributed by atoms with Gasteiger partial charge in [-0.1, -0.05) is 0 Å². The molecule has 0 aromatic rings. The third kappa shape index (κ3) is 9.37. The summed E-state index contributed by atoms with van der Waals surface area (Å²) in [5.41, 5.74) is 5.01. The van der Waals surface area contributed by atoms with Crippen molar-refractivity contribution in [3.63, 3.8) is 0 Å². The minimum atomic E-state index is -4.06. The fourth-order valence-corrected chi connectivity index (χ4v) is 1.16. The van der Waals surface area contributed by atoms with Gasteiger partial charge in [0, 0.05) is 19.5 Å². The number of nitrogens with two attached hydrogens (primary N) is 1. The molecule has 0 saturated heterocycles. The van der Waals surface area contributed by atoms with Crippen LogP contribution in [0.3, 0.4) is 0 Å². The summed E-state index contributed by atoms with van der Waals surface area (Å²) < 4.78 is 28.9. The van der Waals surface area contributed by atoms with E-state index in [1.165, 1.54) is 0 Å². The van der Waals surface area contributed by atoms with Crippen LogP contribution in [0.15, 0.2) is 0 Å². The first kappa shape index (κ1) is 14.8. The highest BCUT2D eigenvalue weighted by Gasteiger charge is 2.06. The van der Waals surface area contributed by atoms with E-state index >= 15 is 0 Å². The van der Waals surface area contributed by atoms with E-state index in [9.17, 15) is 18.0 Å². The summed E-state index contributed by atoms with van der Waals surface area (Å²) in [5, 5.41) is 4.65. The Kier molecular flexibility index (Phi) is 6.61. The van der Waals surface area contributed by atoms with E-state index in [1.807, 2.05) is 0 Å². The molecule has 94 valence electrons. The Morgan fingerprint density at radius 2 is 1.69 bits per heavy atom. The van der Waals surface area contributed by atoms with Crippen molar-refractivity contribution in [3.05, 3.63) is 0 Å². The number of rotatable bonds is 7. The maximum atomic E-state index is 11.0. The standard InChI is InChI=1S/C7H15N3O5S/c8-5-7(12)9-2-1-6(11)10-3-4-16(13,14)15/h1-5,8H2,(H,9,12)(H,10,11)(H,13,14,15). The van der Waals surface area contributed by atoms with Crippen molar-refractivity contribution >= 4 is 21.9 Å². The SMILES string of the molecule is NCC(=O)NCCC(=O)NCCS(=O)(=O)O. The molecule has 0 aliphatic heterocycles. The Hall–Kier alpha value is -1.19. The average Bonchev–Trinajstić information content (AvgIpc) is 2.15. The van der Waals surface area contributed by atoms with E-state index in [0.29, 0.717) is 0 Å². The van der Waals surface area contributed by atoms with E-state index in [-0.39, 0.29) is 32.0 Å². The van der Waals surface area contributed by atoms with Crippen LogP contribution in [0, 0.1) is 0 Å². The van der Waals surface area contributed by atoms with Crippen LogP contribution in [0.1, 0.15) is 6.42 Å². The maximum Gasteiger partial charge on any atom is 0.266 e. The molecule has 0 radical (unpaired) electrons. The van der Waals surface area contributed by atoms with Gasteiger partial charge in [-0.05, 0) is 0 Å². The van der Waals surface area contributed by atoms with E-state index in [0.717, 1.165) is 0 Å². The summed E-state index contributed by atoms with van der Waals surface area (Å²) in [5.74, 6) is -1.32. The Bertz CT molecular complexity index is 340. The first-order chi connectivity index (χ1) is 7.35. The van der Waals surface area contributed by atoms with Crippen molar-refractivity contribution in [3.8, 4) is 0 Å². The molecule has 2 amide bonds. The molecule has 0 aliphatic rings.